The van der Waals surface area contributed by atoms with E-state index in [0.29, 0.717) is 11.3 Å². The predicted molar refractivity (Wildman–Crippen MR) is 87.5 cm³/mol. The number of primary amides is 1. The van der Waals surface area contributed by atoms with E-state index in [1.807, 2.05) is 0 Å². The van der Waals surface area contributed by atoms with Gasteiger partial charge in [-0.25, -0.2) is 8.42 Å². The molecule has 0 spiro atoms. The zero-order valence-electron chi connectivity index (χ0n) is 12.8. The van der Waals surface area contributed by atoms with E-state index in [9.17, 15) is 18.3 Å². The van der Waals surface area contributed by atoms with E-state index < -0.39 is 27.7 Å². The number of nitrogens with two attached hydrogens (primary N) is 1. The van der Waals surface area contributed by atoms with E-state index >= 15 is 0 Å². The number of rotatable bonds is 4. The number of nitrogens with zero attached hydrogens (tertiary/aromatic N) is 1. The van der Waals surface area contributed by atoms with Gasteiger partial charge in [0.2, 0.25) is 5.91 Å². The van der Waals surface area contributed by atoms with Crippen LogP contribution >= 0.6 is 0 Å². The van der Waals surface area contributed by atoms with Crippen LogP contribution in [-0.4, -0.2) is 32.6 Å². The third kappa shape index (κ3) is 2.44. The number of fused-ring (bicyclic) bond motifs is 1. The smallest absolute Gasteiger partial charge is 0.268 e. The number of benzene rings is 2. The molecule has 3 N–H and O–H groups in total. The van der Waals surface area contributed by atoms with Crippen LogP contribution in [0.25, 0.3) is 0 Å². The molecule has 0 bridgehead atoms. The van der Waals surface area contributed by atoms with Crippen LogP contribution in [0.4, 0.5) is 5.69 Å². The van der Waals surface area contributed by atoms with Crippen LogP contribution in [0.2, 0.25) is 0 Å². The fourth-order valence-electron chi connectivity index (χ4n) is 2.80. The van der Waals surface area contributed by atoms with Gasteiger partial charge in [0.05, 0.1) is 12.8 Å². The number of phenols is 1. The zero-order chi connectivity index (χ0) is 17.5. The summed E-state index contributed by atoms with van der Waals surface area (Å²) in [6.07, 6.45) is 0.190. The standard InChI is InChI=1S/C16H16N2O5S/c1-23-11-6-7-14(19)15(9-11)24(21,22)18-12-5-3-2-4-10(12)8-13(18)16(17)20/h2-7,9,13,19H,8H2,1H3,(H2,17,20)/t13-/m0/s1. The monoisotopic (exact) mass is 348 g/mol. The van der Waals surface area contributed by atoms with Crippen LogP contribution in [0.15, 0.2) is 47.4 Å². The number of phenolic OH excluding ortho intramolecular Hbond substituents is 1. The van der Waals surface area contributed by atoms with E-state index in [4.69, 9.17) is 10.5 Å². The van der Waals surface area contributed by atoms with Crippen LogP contribution in [0.1, 0.15) is 5.56 Å². The molecule has 1 amide bonds. The fourth-order valence-corrected chi connectivity index (χ4v) is 4.56. The van der Waals surface area contributed by atoms with Gasteiger partial charge in [0.15, 0.2) is 0 Å². The van der Waals surface area contributed by atoms with Crippen molar-refractivity contribution in [2.45, 2.75) is 17.4 Å². The minimum Gasteiger partial charge on any atom is -0.507 e. The van der Waals surface area contributed by atoms with E-state index in [-0.39, 0.29) is 17.1 Å². The van der Waals surface area contributed by atoms with Gasteiger partial charge < -0.3 is 15.6 Å². The molecule has 1 atom stereocenters. The first-order valence-electron chi connectivity index (χ1n) is 7.15. The normalized spacial score (nSPS) is 16.7. The summed E-state index contributed by atoms with van der Waals surface area (Å²) in [4.78, 5) is 11.5. The zero-order valence-corrected chi connectivity index (χ0v) is 13.7. The highest BCUT2D eigenvalue weighted by molar-refractivity contribution is 7.93. The van der Waals surface area contributed by atoms with Crippen molar-refractivity contribution in [1.82, 2.24) is 0 Å². The van der Waals surface area contributed by atoms with Gasteiger partial charge >= 0.3 is 0 Å². The highest BCUT2D eigenvalue weighted by Gasteiger charge is 2.42. The lowest BCUT2D eigenvalue weighted by atomic mass is 10.1. The molecule has 0 aliphatic carbocycles. The maximum atomic E-state index is 13.1. The lowest BCUT2D eigenvalue weighted by Crippen LogP contribution is -2.46. The average Bonchev–Trinajstić information content (AvgIpc) is 2.95. The Bertz CT molecular complexity index is 910. The van der Waals surface area contributed by atoms with Crippen molar-refractivity contribution in [2.24, 2.45) is 5.73 Å². The van der Waals surface area contributed by atoms with Crippen LogP contribution in [0.3, 0.4) is 0 Å². The Labute approximate surface area is 139 Å². The molecule has 0 aromatic heterocycles. The maximum Gasteiger partial charge on any atom is 0.268 e. The predicted octanol–water partition coefficient (Wildman–Crippen LogP) is 1.01. The van der Waals surface area contributed by atoms with Crippen molar-refractivity contribution >= 4 is 21.6 Å². The van der Waals surface area contributed by atoms with Gasteiger partial charge in [0, 0.05) is 12.5 Å². The average molecular weight is 348 g/mol. The van der Waals surface area contributed by atoms with E-state index in [0.717, 1.165) is 4.31 Å². The minimum atomic E-state index is -4.21. The van der Waals surface area contributed by atoms with E-state index in [1.165, 1.54) is 25.3 Å². The number of carbonyl (C=O) groups is 1. The van der Waals surface area contributed by atoms with Crippen molar-refractivity contribution in [1.29, 1.82) is 0 Å². The number of methoxy groups -OCH3 is 1. The summed E-state index contributed by atoms with van der Waals surface area (Å²) in [6.45, 7) is 0. The number of ether oxygens (including phenoxy) is 1. The molecule has 0 unspecified atom stereocenters. The molecule has 7 nitrogen and oxygen atoms in total. The lowest BCUT2D eigenvalue weighted by Gasteiger charge is -2.25. The SMILES string of the molecule is COc1ccc(O)c(S(=O)(=O)N2c3ccccc3C[C@H]2C(N)=O)c1. The summed E-state index contributed by atoms with van der Waals surface area (Å²) in [7, 11) is -2.82. The number of sulfonamides is 1. The van der Waals surface area contributed by atoms with Gasteiger partial charge in [-0.3, -0.25) is 9.10 Å². The molecule has 1 heterocycles. The number of carbonyl (C=O) groups excluding carboxylic acids is 1. The van der Waals surface area contributed by atoms with Crippen molar-refractivity contribution in [3.05, 3.63) is 48.0 Å². The third-order valence-corrected chi connectivity index (χ3v) is 5.81. The quantitative estimate of drug-likeness (QED) is 0.857. The largest absolute Gasteiger partial charge is 0.507 e. The minimum absolute atomic E-state index is 0.190. The molecular formula is C16H16N2O5S. The van der Waals surface area contributed by atoms with Crippen molar-refractivity contribution < 1.29 is 23.1 Å². The van der Waals surface area contributed by atoms with Crippen LogP contribution in [-0.2, 0) is 21.2 Å². The number of aromatic hydroxyl groups is 1. The molecular weight excluding hydrogens is 332 g/mol. The van der Waals surface area contributed by atoms with Gasteiger partial charge in [-0.15, -0.1) is 0 Å². The molecule has 2 aromatic carbocycles. The molecule has 0 saturated carbocycles. The molecule has 0 saturated heterocycles. The van der Waals surface area contributed by atoms with Crippen LogP contribution in [0.5, 0.6) is 11.5 Å². The molecule has 2 aromatic rings. The van der Waals surface area contributed by atoms with E-state index in [1.54, 1.807) is 24.3 Å². The first-order chi connectivity index (χ1) is 11.4. The van der Waals surface area contributed by atoms with Crippen molar-refractivity contribution in [3.8, 4) is 11.5 Å². The summed E-state index contributed by atoms with van der Waals surface area (Å²) in [5, 5.41) is 10.0. The molecule has 3 rings (SSSR count). The molecule has 0 radical (unpaired) electrons. The Morgan fingerprint density at radius 1 is 1.29 bits per heavy atom. The van der Waals surface area contributed by atoms with Gasteiger partial charge in [-0.1, -0.05) is 18.2 Å². The summed E-state index contributed by atoms with van der Waals surface area (Å²) in [5.74, 6) is -0.907. The molecule has 0 fully saturated rings. The van der Waals surface area contributed by atoms with Gasteiger partial charge in [-0.05, 0) is 23.8 Å². The summed E-state index contributed by atoms with van der Waals surface area (Å²) < 4.78 is 32.2. The second-order valence-electron chi connectivity index (χ2n) is 5.39. The number of hydrogen-bond acceptors (Lipinski definition) is 5. The summed E-state index contributed by atoms with van der Waals surface area (Å²) in [6, 6.07) is 9.62. The maximum absolute atomic E-state index is 13.1. The molecule has 24 heavy (non-hydrogen) atoms. The lowest BCUT2D eigenvalue weighted by molar-refractivity contribution is -0.118. The molecule has 126 valence electrons. The fraction of sp³-hybridized carbons (Fsp3) is 0.188. The second-order valence-corrected chi connectivity index (χ2v) is 7.17. The molecule has 1 aliphatic heterocycles. The Kier molecular flexibility index (Phi) is 3.84. The van der Waals surface area contributed by atoms with Crippen molar-refractivity contribution in [2.75, 3.05) is 11.4 Å². The highest BCUT2D eigenvalue weighted by atomic mass is 32.2. The third-order valence-electron chi connectivity index (χ3n) is 3.96. The highest BCUT2D eigenvalue weighted by Crippen LogP contribution is 2.39. The van der Waals surface area contributed by atoms with Crippen LogP contribution < -0.4 is 14.8 Å². The Balaban J connectivity index is 2.19. The Morgan fingerprint density at radius 2 is 2.00 bits per heavy atom. The molecule has 8 heteroatoms. The summed E-state index contributed by atoms with van der Waals surface area (Å²) >= 11 is 0. The van der Waals surface area contributed by atoms with Crippen molar-refractivity contribution in [3.63, 3.8) is 0 Å². The topological polar surface area (TPSA) is 110 Å². The number of amides is 1. The second kappa shape index (κ2) is 5.72. The first-order valence-corrected chi connectivity index (χ1v) is 8.59. The molecule has 1 aliphatic rings. The van der Waals surface area contributed by atoms with E-state index in [2.05, 4.69) is 0 Å². The number of para-hydroxylation sites is 1. The number of anilines is 1. The summed E-state index contributed by atoms with van der Waals surface area (Å²) in [5.41, 5.74) is 6.48. The Morgan fingerprint density at radius 3 is 2.67 bits per heavy atom. The number of hydrogen-bond donors (Lipinski definition) is 2. The van der Waals surface area contributed by atoms with Gasteiger partial charge in [0.1, 0.15) is 22.4 Å². The van der Waals surface area contributed by atoms with Crippen LogP contribution in [0, 0.1) is 0 Å². The van der Waals surface area contributed by atoms with Gasteiger partial charge in [-0.2, -0.15) is 0 Å². The van der Waals surface area contributed by atoms with Gasteiger partial charge in [0.25, 0.3) is 10.0 Å². The Hall–Kier alpha value is -2.74. The first kappa shape index (κ1) is 16.1.